The number of nitrogens with zero attached hydrogens (tertiary/aromatic N) is 3. The van der Waals surface area contributed by atoms with Gasteiger partial charge >= 0.3 is 0 Å². The van der Waals surface area contributed by atoms with E-state index in [9.17, 15) is 8.42 Å². The highest BCUT2D eigenvalue weighted by molar-refractivity contribution is 7.92. The molecule has 0 fully saturated rings. The first-order chi connectivity index (χ1) is 8.12. The van der Waals surface area contributed by atoms with E-state index in [0.717, 1.165) is 0 Å². The number of hydrogen-bond donors (Lipinski definition) is 1. The number of nitrogens with two attached hydrogens (primary N) is 1. The topological polar surface area (TPSA) is 89.2 Å². The average molecular weight is 250 g/mol. The molecule has 1 aromatic carbocycles. The van der Waals surface area contributed by atoms with Crippen LogP contribution in [0.1, 0.15) is 0 Å². The van der Waals surface area contributed by atoms with Gasteiger partial charge in [-0.2, -0.15) is 12.8 Å². The molecule has 0 spiro atoms. The van der Waals surface area contributed by atoms with E-state index in [1.54, 1.807) is 18.2 Å². The molecule has 2 N–H and O–H groups in total. The van der Waals surface area contributed by atoms with Crippen molar-refractivity contribution in [2.24, 2.45) is 5.84 Å². The molecule has 0 unspecified atom stereocenters. The second-order valence-corrected chi connectivity index (χ2v) is 5.00. The van der Waals surface area contributed by atoms with Gasteiger partial charge in [0.25, 0.3) is 10.0 Å². The molecule has 1 heterocycles. The smallest absolute Gasteiger partial charge is 0.245 e. The van der Waals surface area contributed by atoms with Crippen LogP contribution in [-0.4, -0.2) is 18.4 Å². The number of hydrazine groups is 1. The van der Waals surface area contributed by atoms with Gasteiger partial charge < -0.3 is 0 Å². The molecule has 0 aliphatic heterocycles. The molecule has 2 rings (SSSR count). The van der Waals surface area contributed by atoms with E-state index >= 15 is 0 Å². The summed E-state index contributed by atoms with van der Waals surface area (Å²) >= 11 is 0. The van der Waals surface area contributed by atoms with E-state index in [1.165, 1.54) is 30.7 Å². The molecule has 0 amide bonds. The van der Waals surface area contributed by atoms with Crippen molar-refractivity contribution < 1.29 is 8.42 Å². The van der Waals surface area contributed by atoms with Crippen molar-refractivity contribution in [1.82, 2.24) is 9.97 Å². The summed E-state index contributed by atoms with van der Waals surface area (Å²) in [6, 6.07) is 9.33. The standard InChI is InChI=1S/C10H10N4O2S/c11-14(10-6-7-12-8-13-10)17(15,16)9-4-2-1-3-5-9/h1-8H,11H2. The third kappa shape index (κ3) is 2.24. The summed E-state index contributed by atoms with van der Waals surface area (Å²) in [5.74, 6) is 5.67. The average Bonchev–Trinajstić information content (AvgIpc) is 2.40. The lowest BCUT2D eigenvalue weighted by atomic mass is 10.4. The Morgan fingerprint density at radius 1 is 1.12 bits per heavy atom. The lowest BCUT2D eigenvalue weighted by Crippen LogP contribution is -2.38. The zero-order valence-corrected chi connectivity index (χ0v) is 9.58. The van der Waals surface area contributed by atoms with Gasteiger partial charge in [-0.1, -0.05) is 18.2 Å². The van der Waals surface area contributed by atoms with Crippen molar-refractivity contribution in [3.05, 3.63) is 48.9 Å². The van der Waals surface area contributed by atoms with Crippen LogP contribution in [0.3, 0.4) is 0 Å². The van der Waals surface area contributed by atoms with Crippen LogP contribution in [0.15, 0.2) is 53.8 Å². The van der Waals surface area contributed by atoms with Crippen LogP contribution >= 0.6 is 0 Å². The van der Waals surface area contributed by atoms with Crippen LogP contribution < -0.4 is 10.3 Å². The van der Waals surface area contributed by atoms with Gasteiger partial charge in [0, 0.05) is 12.3 Å². The zero-order valence-electron chi connectivity index (χ0n) is 8.76. The quantitative estimate of drug-likeness (QED) is 0.634. The Balaban J connectivity index is 2.41. The molecule has 6 nitrogen and oxygen atoms in total. The largest absolute Gasteiger partial charge is 0.278 e. The normalized spacial score (nSPS) is 11.1. The number of benzene rings is 1. The first kappa shape index (κ1) is 11.5. The molecule has 0 atom stereocenters. The summed E-state index contributed by atoms with van der Waals surface area (Å²) < 4.78 is 24.8. The summed E-state index contributed by atoms with van der Waals surface area (Å²) in [7, 11) is -3.77. The molecule has 7 heteroatoms. The van der Waals surface area contributed by atoms with Gasteiger partial charge in [-0.25, -0.2) is 15.8 Å². The Morgan fingerprint density at radius 2 is 1.82 bits per heavy atom. The maximum absolute atomic E-state index is 12.1. The fraction of sp³-hybridized carbons (Fsp3) is 0. The number of anilines is 1. The Labute approximate surface area is 98.8 Å². The van der Waals surface area contributed by atoms with E-state index in [4.69, 9.17) is 5.84 Å². The maximum Gasteiger partial charge on any atom is 0.278 e. The Hall–Kier alpha value is -1.99. The molecular weight excluding hydrogens is 240 g/mol. The van der Waals surface area contributed by atoms with Gasteiger partial charge in [-0.15, -0.1) is 0 Å². The van der Waals surface area contributed by atoms with Gasteiger partial charge in [0.05, 0.1) is 4.90 Å². The van der Waals surface area contributed by atoms with Crippen LogP contribution in [-0.2, 0) is 10.0 Å². The predicted molar refractivity (Wildman–Crippen MR) is 62.3 cm³/mol. The summed E-state index contributed by atoms with van der Waals surface area (Å²) in [6.07, 6.45) is 2.65. The SMILES string of the molecule is NN(c1ccncn1)S(=O)(=O)c1ccccc1. The fourth-order valence-electron chi connectivity index (χ4n) is 1.24. The molecule has 88 valence electrons. The fourth-order valence-corrected chi connectivity index (χ4v) is 2.33. The number of sulfonamides is 1. The van der Waals surface area contributed by atoms with E-state index in [2.05, 4.69) is 9.97 Å². The van der Waals surface area contributed by atoms with Crippen LogP contribution in [0.5, 0.6) is 0 Å². The van der Waals surface area contributed by atoms with Gasteiger partial charge in [-0.3, -0.25) is 0 Å². The van der Waals surface area contributed by atoms with E-state index < -0.39 is 10.0 Å². The Bertz CT molecular complexity index is 586. The highest BCUT2D eigenvalue weighted by Gasteiger charge is 2.22. The van der Waals surface area contributed by atoms with Crippen molar-refractivity contribution in [3.63, 3.8) is 0 Å². The minimum atomic E-state index is -3.77. The van der Waals surface area contributed by atoms with Crippen molar-refractivity contribution in [3.8, 4) is 0 Å². The molecule has 0 saturated heterocycles. The van der Waals surface area contributed by atoms with Gasteiger partial charge in [-0.05, 0) is 12.1 Å². The number of hydrogen-bond acceptors (Lipinski definition) is 5. The Kier molecular flexibility index (Phi) is 3.03. The van der Waals surface area contributed by atoms with Crippen LogP contribution in [0.25, 0.3) is 0 Å². The lowest BCUT2D eigenvalue weighted by Gasteiger charge is -2.16. The van der Waals surface area contributed by atoms with Crippen molar-refractivity contribution in [1.29, 1.82) is 0 Å². The summed E-state index contributed by atoms with van der Waals surface area (Å²) in [5, 5.41) is 0. The second-order valence-electron chi connectivity index (χ2n) is 3.18. The zero-order chi connectivity index (χ0) is 12.3. The molecule has 0 aliphatic rings. The van der Waals surface area contributed by atoms with Crippen LogP contribution in [0.4, 0.5) is 5.82 Å². The molecule has 2 aromatic rings. The van der Waals surface area contributed by atoms with Crippen molar-refractivity contribution in [2.45, 2.75) is 4.90 Å². The van der Waals surface area contributed by atoms with Gasteiger partial charge in [0.15, 0.2) is 5.82 Å². The highest BCUT2D eigenvalue weighted by Crippen LogP contribution is 2.16. The second kappa shape index (κ2) is 4.48. The first-order valence-electron chi connectivity index (χ1n) is 4.73. The molecule has 17 heavy (non-hydrogen) atoms. The number of aromatic nitrogens is 2. The van der Waals surface area contributed by atoms with Crippen molar-refractivity contribution in [2.75, 3.05) is 4.41 Å². The van der Waals surface area contributed by atoms with E-state index in [0.29, 0.717) is 4.41 Å². The van der Waals surface area contributed by atoms with E-state index in [1.807, 2.05) is 0 Å². The molecule has 1 aromatic heterocycles. The molecule has 0 saturated carbocycles. The molecular formula is C10H10N4O2S. The van der Waals surface area contributed by atoms with Crippen LogP contribution in [0.2, 0.25) is 0 Å². The first-order valence-corrected chi connectivity index (χ1v) is 6.17. The van der Waals surface area contributed by atoms with Crippen LogP contribution in [0, 0.1) is 0 Å². The molecule has 0 aliphatic carbocycles. The van der Waals surface area contributed by atoms with Gasteiger partial charge in [0.2, 0.25) is 0 Å². The summed E-state index contributed by atoms with van der Waals surface area (Å²) in [5.41, 5.74) is 0. The summed E-state index contributed by atoms with van der Waals surface area (Å²) in [4.78, 5) is 7.59. The number of rotatable bonds is 3. The molecule has 0 bridgehead atoms. The maximum atomic E-state index is 12.1. The summed E-state index contributed by atoms with van der Waals surface area (Å²) in [6.45, 7) is 0. The third-order valence-electron chi connectivity index (χ3n) is 2.09. The lowest BCUT2D eigenvalue weighted by molar-refractivity contribution is 0.591. The Morgan fingerprint density at radius 3 is 2.41 bits per heavy atom. The molecule has 0 radical (unpaired) electrons. The van der Waals surface area contributed by atoms with Crippen molar-refractivity contribution >= 4 is 15.8 Å². The predicted octanol–water partition coefficient (Wildman–Crippen LogP) is 0.546. The third-order valence-corrected chi connectivity index (χ3v) is 3.67. The van der Waals surface area contributed by atoms with E-state index in [-0.39, 0.29) is 10.7 Å². The monoisotopic (exact) mass is 250 g/mol. The van der Waals surface area contributed by atoms with Gasteiger partial charge in [0.1, 0.15) is 6.33 Å². The highest BCUT2D eigenvalue weighted by atomic mass is 32.2. The minimum Gasteiger partial charge on any atom is -0.245 e. The minimum absolute atomic E-state index is 0.112.